The molecule has 0 amide bonds. The van der Waals surface area contributed by atoms with E-state index in [2.05, 4.69) is 25.6 Å². The molecular formula is C11H11BrN2O3S2. The quantitative estimate of drug-likeness (QED) is 0.907. The van der Waals surface area contributed by atoms with Gasteiger partial charge in [0.1, 0.15) is 5.75 Å². The highest BCUT2D eigenvalue weighted by molar-refractivity contribution is 9.10. The molecule has 0 atom stereocenters. The largest absolute Gasteiger partial charge is 0.495 e. The summed E-state index contributed by atoms with van der Waals surface area (Å²) in [5, 5.41) is 0.696. The van der Waals surface area contributed by atoms with E-state index < -0.39 is 10.0 Å². The summed E-state index contributed by atoms with van der Waals surface area (Å²) >= 11 is 4.41. The van der Waals surface area contributed by atoms with Crippen LogP contribution in [0.2, 0.25) is 0 Å². The first-order chi connectivity index (χ1) is 8.92. The maximum atomic E-state index is 12.2. The summed E-state index contributed by atoms with van der Waals surface area (Å²) in [5.41, 5.74) is 0.378. The minimum atomic E-state index is -3.64. The lowest BCUT2D eigenvalue weighted by atomic mass is 10.3. The lowest BCUT2D eigenvalue weighted by Crippen LogP contribution is -2.12. The normalized spacial score (nSPS) is 11.3. The highest BCUT2D eigenvalue weighted by Gasteiger charge is 2.19. The van der Waals surface area contributed by atoms with E-state index in [0.717, 1.165) is 15.8 Å². The van der Waals surface area contributed by atoms with Gasteiger partial charge < -0.3 is 4.74 Å². The van der Waals surface area contributed by atoms with E-state index in [9.17, 15) is 8.42 Å². The van der Waals surface area contributed by atoms with Crippen molar-refractivity contribution in [2.75, 3.05) is 11.8 Å². The van der Waals surface area contributed by atoms with E-state index in [1.54, 1.807) is 25.1 Å². The molecule has 0 bridgehead atoms. The van der Waals surface area contributed by atoms with Crippen molar-refractivity contribution in [2.24, 2.45) is 0 Å². The van der Waals surface area contributed by atoms with Crippen molar-refractivity contribution in [3.8, 4) is 5.75 Å². The van der Waals surface area contributed by atoms with Gasteiger partial charge in [0.2, 0.25) is 0 Å². The average molecular weight is 363 g/mol. The first kappa shape index (κ1) is 14.3. The van der Waals surface area contributed by atoms with Crippen LogP contribution >= 0.6 is 27.3 Å². The molecule has 5 nitrogen and oxygen atoms in total. The highest BCUT2D eigenvalue weighted by atomic mass is 79.9. The molecule has 0 fully saturated rings. The molecule has 0 unspecified atom stereocenters. The maximum absolute atomic E-state index is 12.2. The van der Waals surface area contributed by atoms with Gasteiger partial charge in [0.25, 0.3) is 10.0 Å². The van der Waals surface area contributed by atoms with Crippen LogP contribution in [0.1, 0.15) is 5.01 Å². The Hall–Kier alpha value is -1.12. The Labute approximate surface area is 123 Å². The predicted molar refractivity (Wildman–Crippen MR) is 78.4 cm³/mol. The first-order valence-electron chi connectivity index (χ1n) is 5.21. The molecule has 1 N–H and O–H groups in total. The van der Waals surface area contributed by atoms with Crippen LogP contribution in [-0.2, 0) is 10.0 Å². The van der Waals surface area contributed by atoms with E-state index >= 15 is 0 Å². The molecule has 0 aliphatic rings. The number of rotatable bonds is 4. The second kappa shape index (κ2) is 5.48. The molecule has 0 saturated heterocycles. The van der Waals surface area contributed by atoms with Crippen molar-refractivity contribution >= 4 is 43.0 Å². The summed E-state index contributed by atoms with van der Waals surface area (Å²) < 4.78 is 32.9. The minimum Gasteiger partial charge on any atom is -0.495 e. The summed E-state index contributed by atoms with van der Waals surface area (Å²) in [6.07, 6.45) is 1.34. The topological polar surface area (TPSA) is 68.3 Å². The number of ether oxygens (including phenoxy) is 1. The molecule has 1 aromatic heterocycles. The molecule has 0 aliphatic carbocycles. The number of benzene rings is 1. The zero-order valence-electron chi connectivity index (χ0n) is 10.2. The Morgan fingerprint density at radius 2 is 2.16 bits per heavy atom. The number of methoxy groups -OCH3 is 1. The van der Waals surface area contributed by atoms with Gasteiger partial charge in [0, 0.05) is 4.47 Å². The molecule has 2 rings (SSSR count). The molecule has 8 heteroatoms. The van der Waals surface area contributed by atoms with Crippen LogP contribution < -0.4 is 9.46 Å². The number of nitrogens with one attached hydrogen (secondary N) is 1. The van der Waals surface area contributed by atoms with Gasteiger partial charge in [-0.25, -0.2) is 13.4 Å². The zero-order valence-corrected chi connectivity index (χ0v) is 13.4. The van der Waals surface area contributed by atoms with Crippen molar-refractivity contribution in [2.45, 2.75) is 11.1 Å². The van der Waals surface area contributed by atoms with Gasteiger partial charge in [0.05, 0.1) is 24.0 Å². The highest BCUT2D eigenvalue weighted by Crippen LogP contribution is 2.30. The third-order valence-electron chi connectivity index (χ3n) is 2.27. The van der Waals surface area contributed by atoms with Gasteiger partial charge in [-0.3, -0.25) is 4.72 Å². The van der Waals surface area contributed by atoms with Gasteiger partial charge >= 0.3 is 0 Å². The number of thiazole rings is 1. The van der Waals surface area contributed by atoms with Crippen molar-refractivity contribution in [3.05, 3.63) is 33.9 Å². The van der Waals surface area contributed by atoms with Crippen molar-refractivity contribution in [1.29, 1.82) is 0 Å². The standard InChI is InChI=1S/C11H11BrN2O3S2/c1-7-13-6-11(18-7)19(15,16)14-9-5-8(12)3-4-10(9)17-2/h3-6,14H,1-2H3. The molecule has 1 aromatic carbocycles. The van der Waals surface area contributed by atoms with Gasteiger partial charge in [-0.1, -0.05) is 15.9 Å². The first-order valence-corrected chi connectivity index (χ1v) is 8.30. The number of aromatic nitrogens is 1. The molecular weight excluding hydrogens is 352 g/mol. The third kappa shape index (κ3) is 3.26. The van der Waals surface area contributed by atoms with Gasteiger partial charge in [0.15, 0.2) is 4.21 Å². The molecule has 0 radical (unpaired) electrons. The van der Waals surface area contributed by atoms with E-state index in [1.165, 1.54) is 13.3 Å². The monoisotopic (exact) mass is 362 g/mol. The number of sulfonamides is 1. The fraction of sp³-hybridized carbons (Fsp3) is 0.182. The lowest BCUT2D eigenvalue weighted by Gasteiger charge is -2.10. The van der Waals surface area contributed by atoms with E-state index in [4.69, 9.17) is 4.74 Å². The Morgan fingerprint density at radius 3 is 2.74 bits per heavy atom. The summed E-state index contributed by atoms with van der Waals surface area (Å²) in [5.74, 6) is 0.452. The Bertz CT molecular complexity index is 698. The average Bonchev–Trinajstić information content (AvgIpc) is 2.76. The predicted octanol–water partition coefficient (Wildman–Crippen LogP) is 3.02. The van der Waals surface area contributed by atoms with Crippen LogP contribution in [0, 0.1) is 6.92 Å². The molecule has 0 saturated carbocycles. The number of hydrogen-bond donors (Lipinski definition) is 1. The van der Waals surface area contributed by atoms with Crippen molar-refractivity contribution in [3.63, 3.8) is 0 Å². The summed E-state index contributed by atoms with van der Waals surface area (Å²) in [4.78, 5) is 3.94. The van der Waals surface area contributed by atoms with Crippen molar-refractivity contribution < 1.29 is 13.2 Å². The fourth-order valence-corrected chi connectivity index (χ4v) is 3.95. The lowest BCUT2D eigenvalue weighted by molar-refractivity contribution is 0.417. The van der Waals surface area contributed by atoms with Crippen LogP contribution in [-0.4, -0.2) is 20.5 Å². The fourth-order valence-electron chi connectivity index (χ4n) is 1.42. The molecule has 1 heterocycles. The number of hydrogen-bond acceptors (Lipinski definition) is 5. The molecule has 102 valence electrons. The Morgan fingerprint density at radius 1 is 1.42 bits per heavy atom. The van der Waals surface area contributed by atoms with E-state index in [-0.39, 0.29) is 4.21 Å². The molecule has 0 aliphatic heterocycles. The Kier molecular flexibility index (Phi) is 4.12. The van der Waals surface area contributed by atoms with Crippen molar-refractivity contribution in [1.82, 2.24) is 4.98 Å². The van der Waals surface area contributed by atoms with Crippen LogP contribution in [0.3, 0.4) is 0 Å². The van der Waals surface area contributed by atoms with Crippen LogP contribution in [0.25, 0.3) is 0 Å². The number of anilines is 1. The second-order valence-electron chi connectivity index (χ2n) is 3.65. The van der Waals surface area contributed by atoms with Crippen LogP contribution in [0.15, 0.2) is 33.1 Å². The maximum Gasteiger partial charge on any atom is 0.273 e. The van der Waals surface area contributed by atoms with Gasteiger partial charge in [-0.15, -0.1) is 11.3 Å². The molecule has 19 heavy (non-hydrogen) atoms. The smallest absolute Gasteiger partial charge is 0.273 e. The van der Waals surface area contributed by atoms with E-state index in [0.29, 0.717) is 16.4 Å². The Balaban J connectivity index is 2.38. The molecule has 0 spiro atoms. The second-order valence-corrected chi connectivity index (χ2v) is 7.71. The third-order valence-corrected chi connectivity index (χ3v) is 5.50. The summed E-state index contributed by atoms with van der Waals surface area (Å²) in [6.45, 7) is 1.75. The zero-order chi connectivity index (χ0) is 14.0. The number of nitrogens with zero attached hydrogens (tertiary/aromatic N) is 1. The van der Waals surface area contributed by atoms with E-state index in [1.807, 2.05) is 0 Å². The summed E-state index contributed by atoms with van der Waals surface area (Å²) in [6, 6.07) is 5.09. The minimum absolute atomic E-state index is 0.173. The molecule has 2 aromatic rings. The number of aryl methyl sites for hydroxylation is 1. The SMILES string of the molecule is COc1ccc(Br)cc1NS(=O)(=O)c1cnc(C)s1. The number of halogens is 1. The summed E-state index contributed by atoms with van der Waals surface area (Å²) in [7, 11) is -2.15. The van der Waals surface area contributed by atoms with Crippen LogP contribution in [0.4, 0.5) is 5.69 Å². The van der Waals surface area contributed by atoms with Crippen LogP contribution in [0.5, 0.6) is 5.75 Å². The van der Waals surface area contributed by atoms with Gasteiger partial charge in [-0.2, -0.15) is 0 Å². The van der Waals surface area contributed by atoms with Gasteiger partial charge in [-0.05, 0) is 25.1 Å².